The lowest BCUT2D eigenvalue weighted by molar-refractivity contribution is -0.348. The Bertz CT molecular complexity index is 1170. The molecule has 2 aromatic rings. The lowest BCUT2D eigenvalue weighted by Gasteiger charge is -2.31. The Morgan fingerprint density at radius 1 is 1.03 bits per heavy atom. The van der Waals surface area contributed by atoms with E-state index < -0.39 is 29.5 Å². The van der Waals surface area contributed by atoms with Crippen molar-refractivity contribution in [1.29, 1.82) is 0 Å². The number of nitrogens with one attached hydrogen (secondary N) is 1. The first-order valence-corrected chi connectivity index (χ1v) is 10.9. The second kappa shape index (κ2) is 9.47. The highest BCUT2D eigenvalue weighted by Crippen LogP contribution is 2.53. The van der Waals surface area contributed by atoms with Crippen molar-refractivity contribution in [3.8, 4) is 0 Å². The lowest BCUT2D eigenvalue weighted by atomic mass is 9.88. The molecule has 0 bridgehead atoms. The van der Waals surface area contributed by atoms with Crippen molar-refractivity contribution in [1.82, 2.24) is 5.32 Å². The standard InChI is InChI=1S/C23H22ClF7N4O/c1-11-7-13(21(25,22(26,27)28)23(29,30)31)8-12(2)19(11)18(32)10-35(33)15-5-6-17(24)16(9-15)20(36)34-14-3-4-14/h5-10,14H,3-4,32-33H2,1-2H3,(H,34,36)/b18-10-. The van der Waals surface area contributed by atoms with E-state index in [0.717, 1.165) is 24.1 Å². The van der Waals surface area contributed by atoms with Crippen molar-refractivity contribution in [2.24, 2.45) is 11.6 Å². The molecule has 1 aliphatic rings. The molecule has 0 radical (unpaired) electrons. The minimum atomic E-state index is -6.24. The third kappa shape index (κ3) is 5.24. The second-order valence-corrected chi connectivity index (χ2v) is 8.95. The summed E-state index contributed by atoms with van der Waals surface area (Å²) in [4.78, 5) is 12.4. The third-order valence-corrected chi connectivity index (χ3v) is 6.01. The molecule has 3 rings (SSSR count). The van der Waals surface area contributed by atoms with Crippen LogP contribution in [0.2, 0.25) is 5.02 Å². The van der Waals surface area contributed by atoms with Gasteiger partial charge in [0, 0.05) is 23.4 Å². The Hall–Kier alpha value is -2.99. The topological polar surface area (TPSA) is 84.4 Å². The highest BCUT2D eigenvalue weighted by Gasteiger charge is 2.73. The Morgan fingerprint density at radius 3 is 2.03 bits per heavy atom. The van der Waals surface area contributed by atoms with E-state index in [1.807, 2.05) is 0 Å². The lowest BCUT2D eigenvalue weighted by Crippen LogP contribution is -2.50. The fourth-order valence-corrected chi connectivity index (χ4v) is 3.94. The molecular weight excluding hydrogens is 517 g/mol. The fourth-order valence-electron chi connectivity index (χ4n) is 3.73. The minimum absolute atomic E-state index is 0.0709. The number of nitrogens with zero attached hydrogens (tertiary/aromatic N) is 1. The van der Waals surface area contributed by atoms with E-state index in [9.17, 15) is 35.5 Å². The molecule has 5 N–H and O–H groups in total. The Balaban J connectivity index is 1.97. The summed E-state index contributed by atoms with van der Waals surface area (Å²) in [7, 11) is 0. The minimum Gasteiger partial charge on any atom is -0.397 e. The molecule has 1 amide bonds. The molecular formula is C23H22ClF7N4O. The largest absolute Gasteiger partial charge is 0.435 e. The zero-order valence-electron chi connectivity index (χ0n) is 19.0. The Morgan fingerprint density at radius 2 is 1.56 bits per heavy atom. The van der Waals surface area contributed by atoms with Gasteiger partial charge in [-0.25, -0.2) is 10.2 Å². The molecule has 0 unspecified atom stereocenters. The zero-order chi connectivity index (χ0) is 27.2. The van der Waals surface area contributed by atoms with Crippen LogP contribution in [-0.4, -0.2) is 24.3 Å². The number of rotatable bonds is 6. The molecule has 0 aliphatic heterocycles. The fraction of sp³-hybridized carbons (Fsp3) is 0.348. The van der Waals surface area contributed by atoms with Gasteiger partial charge in [-0.05, 0) is 56.0 Å². The maximum atomic E-state index is 14.5. The van der Waals surface area contributed by atoms with Crippen LogP contribution in [0, 0.1) is 13.8 Å². The molecule has 0 atom stereocenters. The van der Waals surface area contributed by atoms with Crippen LogP contribution in [0.15, 0.2) is 36.5 Å². The number of carbonyl (C=O) groups excluding carboxylic acids is 1. The number of nitrogens with two attached hydrogens (primary N) is 2. The van der Waals surface area contributed by atoms with E-state index in [1.54, 1.807) is 0 Å². The number of anilines is 1. The monoisotopic (exact) mass is 538 g/mol. The maximum absolute atomic E-state index is 14.5. The van der Waals surface area contributed by atoms with Gasteiger partial charge in [0.2, 0.25) is 0 Å². The van der Waals surface area contributed by atoms with E-state index in [4.69, 9.17) is 23.2 Å². The van der Waals surface area contributed by atoms with Gasteiger partial charge in [-0.3, -0.25) is 9.80 Å². The number of benzene rings is 2. The predicted octanol–water partition coefficient (Wildman–Crippen LogP) is 5.78. The number of alkyl halides is 7. The van der Waals surface area contributed by atoms with E-state index >= 15 is 0 Å². The summed E-state index contributed by atoms with van der Waals surface area (Å²) in [5.74, 6) is 5.62. The first-order valence-electron chi connectivity index (χ1n) is 10.5. The second-order valence-electron chi connectivity index (χ2n) is 8.54. The van der Waals surface area contributed by atoms with Gasteiger partial charge in [-0.2, -0.15) is 26.3 Å². The molecule has 1 saturated carbocycles. The summed E-state index contributed by atoms with van der Waals surface area (Å²) in [6.45, 7) is 2.40. The number of amides is 1. The molecule has 0 aromatic heterocycles. The van der Waals surface area contributed by atoms with Crippen LogP contribution in [0.25, 0.3) is 5.70 Å². The molecule has 0 heterocycles. The number of hydrogen-bond acceptors (Lipinski definition) is 4. The van der Waals surface area contributed by atoms with Gasteiger partial charge in [0.1, 0.15) is 0 Å². The molecule has 13 heteroatoms. The van der Waals surface area contributed by atoms with Crippen LogP contribution in [0.4, 0.5) is 36.4 Å². The summed E-state index contributed by atoms with van der Waals surface area (Å²) in [6, 6.07) is 5.29. The average Bonchev–Trinajstić information content (AvgIpc) is 3.54. The van der Waals surface area contributed by atoms with Gasteiger partial charge in [0.25, 0.3) is 5.91 Å². The highest BCUT2D eigenvalue weighted by molar-refractivity contribution is 6.34. The van der Waals surface area contributed by atoms with Crippen molar-refractivity contribution in [2.75, 3.05) is 5.01 Å². The first-order chi connectivity index (χ1) is 16.5. The van der Waals surface area contributed by atoms with Gasteiger partial charge in [0.05, 0.1) is 22.0 Å². The van der Waals surface area contributed by atoms with Gasteiger partial charge < -0.3 is 11.1 Å². The van der Waals surface area contributed by atoms with Crippen molar-refractivity contribution in [3.05, 3.63) is 69.4 Å². The van der Waals surface area contributed by atoms with Crippen molar-refractivity contribution >= 4 is 28.9 Å². The molecule has 0 saturated heterocycles. The number of carbonyl (C=O) groups is 1. The summed E-state index contributed by atoms with van der Waals surface area (Å²) in [5, 5.41) is 3.97. The molecule has 1 aliphatic carbocycles. The Labute approximate surface area is 206 Å². The summed E-state index contributed by atoms with van der Waals surface area (Å²) in [6.07, 6.45) is -9.59. The van der Waals surface area contributed by atoms with Crippen LogP contribution >= 0.6 is 11.6 Å². The van der Waals surface area contributed by atoms with Crippen LogP contribution in [0.3, 0.4) is 0 Å². The maximum Gasteiger partial charge on any atom is 0.435 e. The van der Waals surface area contributed by atoms with Gasteiger partial charge >= 0.3 is 18.0 Å². The van der Waals surface area contributed by atoms with Crippen molar-refractivity contribution in [3.63, 3.8) is 0 Å². The predicted molar refractivity (Wildman–Crippen MR) is 122 cm³/mol. The molecule has 1 fully saturated rings. The number of aryl methyl sites for hydroxylation is 2. The van der Waals surface area contributed by atoms with Crippen molar-refractivity contribution < 1.29 is 35.5 Å². The normalized spacial score (nSPS) is 15.1. The quantitative estimate of drug-likeness (QED) is 0.247. The van der Waals surface area contributed by atoms with Crippen LogP contribution in [0.5, 0.6) is 0 Å². The van der Waals surface area contributed by atoms with Gasteiger partial charge in [0.15, 0.2) is 0 Å². The number of halogens is 8. The molecule has 5 nitrogen and oxygen atoms in total. The third-order valence-electron chi connectivity index (χ3n) is 5.68. The summed E-state index contributed by atoms with van der Waals surface area (Å²) < 4.78 is 93.5. The average molecular weight is 539 g/mol. The number of hydrazine groups is 1. The smallest absolute Gasteiger partial charge is 0.397 e. The van der Waals surface area contributed by atoms with E-state index in [0.29, 0.717) is 12.1 Å². The molecule has 196 valence electrons. The van der Waals surface area contributed by atoms with Gasteiger partial charge in [-0.1, -0.05) is 23.7 Å². The van der Waals surface area contributed by atoms with Crippen LogP contribution in [0.1, 0.15) is 45.5 Å². The van der Waals surface area contributed by atoms with Crippen LogP contribution in [-0.2, 0) is 5.67 Å². The van der Waals surface area contributed by atoms with E-state index in [-0.39, 0.29) is 44.7 Å². The molecule has 2 aromatic carbocycles. The number of hydrogen-bond donors (Lipinski definition) is 3. The van der Waals surface area contributed by atoms with Gasteiger partial charge in [-0.15, -0.1) is 0 Å². The Kier molecular flexibility index (Phi) is 7.26. The molecule has 0 spiro atoms. The highest BCUT2D eigenvalue weighted by atomic mass is 35.5. The van der Waals surface area contributed by atoms with Crippen LogP contribution < -0.4 is 21.9 Å². The SMILES string of the molecule is Cc1cc(C(F)(C(F)(F)F)C(F)(F)F)cc(C)c1/C(N)=C/N(N)c1ccc(Cl)c(C(=O)NC2CC2)c1. The molecule has 36 heavy (non-hydrogen) atoms. The van der Waals surface area contributed by atoms with E-state index in [1.165, 1.54) is 32.0 Å². The summed E-state index contributed by atoms with van der Waals surface area (Å²) >= 11 is 6.11. The van der Waals surface area contributed by atoms with E-state index in [2.05, 4.69) is 5.32 Å². The zero-order valence-corrected chi connectivity index (χ0v) is 19.7. The summed E-state index contributed by atoms with van der Waals surface area (Å²) in [5.41, 5.74) is -1.01. The van der Waals surface area contributed by atoms with Crippen molar-refractivity contribution in [2.45, 2.75) is 50.8 Å². The first kappa shape index (κ1) is 27.6.